The number of carbonyl (C=O) groups is 1. The molecule has 0 saturated carbocycles. The lowest BCUT2D eigenvalue weighted by molar-refractivity contribution is -0.152. The smallest absolute Gasteiger partial charge is 0.312 e. The van der Waals surface area contributed by atoms with Crippen LogP contribution in [0.15, 0.2) is 33.6 Å². The molecule has 0 N–H and O–H groups in total. The van der Waals surface area contributed by atoms with Gasteiger partial charge in [0.2, 0.25) is 0 Å². The monoisotopic (exact) mass is 347 g/mol. The van der Waals surface area contributed by atoms with Crippen LogP contribution in [0.1, 0.15) is 25.3 Å². The number of carbonyl (C=O) groups excluding carboxylic acids is 1. The standard InChI is InChI=1S/C16H17N3O4S/c1-11(9-17)23-16(20)12-5-4-8-19(10-12)15-13-6-2-3-7-14(13)24(21,22)18-15/h2-3,6-7,11-12H,4-5,8,10H2,1H3/t11-,12-/m0/s1. The molecule has 0 spiro atoms. The molecule has 1 aromatic carbocycles. The van der Waals surface area contributed by atoms with Crippen molar-refractivity contribution in [3.05, 3.63) is 29.8 Å². The highest BCUT2D eigenvalue weighted by Crippen LogP contribution is 2.30. The van der Waals surface area contributed by atoms with Gasteiger partial charge in [-0.15, -0.1) is 4.40 Å². The summed E-state index contributed by atoms with van der Waals surface area (Å²) in [6, 6.07) is 8.54. The molecule has 7 nitrogen and oxygen atoms in total. The summed E-state index contributed by atoms with van der Waals surface area (Å²) in [6.45, 7) is 2.47. The minimum Gasteiger partial charge on any atom is -0.447 e. The zero-order valence-electron chi connectivity index (χ0n) is 13.2. The third-order valence-electron chi connectivity index (χ3n) is 4.14. The molecule has 2 aliphatic heterocycles. The Bertz CT molecular complexity index is 841. The number of benzene rings is 1. The number of esters is 1. The van der Waals surface area contributed by atoms with E-state index in [4.69, 9.17) is 10.00 Å². The summed E-state index contributed by atoms with van der Waals surface area (Å²) in [5.41, 5.74) is 0.567. The molecule has 3 rings (SSSR count). The predicted octanol–water partition coefficient (Wildman–Crippen LogP) is 1.30. The van der Waals surface area contributed by atoms with Gasteiger partial charge in [0, 0.05) is 18.7 Å². The maximum atomic E-state index is 12.2. The van der Waals surface area contributed by atoms with Gasteiger partial charge < -0.3 is 9.64 Å². The van der Waals surface area contributed by atoms with Crippen molar-refractivity contribution < 1.29 is 17.9 Å². The minimum absolute atomic E-state index is 0.197. The largest absolute Gasteiger partial charge is 0.447 e. The predicted molar refractivity (Wildman–Crippen MR) is 85.6 cm³/mol. The molecule has 2 atom stereocenters. The molecule has 1 fully saturated rings. The van der Waals surface area contributed by atoms with E-state index in [0.29, 0.717) is 30.9 Å². The topological polar surface area (TPSA) is 99.8 Å². The van der Waals surface area contributed by atoms with Crippen LogP contribution in [0, 0.1) is 17.2 Å². The maximum Gasteiger partial charge on any atom is 0.312 e. The van der Waals surface area contributed by atoms with Crippen molar-refractivity contribution >= 4 is 21.8 Å². The van der Waals surface area contributed by atoms with Crippen LogP contribution in [0.5, 0.6) is 0 Å². The summed E-state index contributed by atoms with van der Waals surface area (Å²) < 4.78 is 33.3. The van der Waals surface area contributed by atoms with Gasteiger partial charge in [-0.05, 0) is 31.9 Å². The van der Waals surface area contributed by atoms with Crippen molar-refractivity contribution in [1.82, 2.24) is 4.90 Å². The lowest BCUT2D eigenvalue weighted by Crippen LogP contribution is -2.43. The number of amidine groups is 1. The maximum absolute atomic E-state index is 12.2. The van der Waals surface area contributed by atoms with Gasteiger partial charge in [0.1, 0.15) is 11.0 Å². The quantitative estimate of drug-likeness (QED) is 0.748. The van der Waals surface area contributed by atoms with Gasteiger partial charge in [-0.25, -0.2) is 0 Å². The van der Waals surface area contributed by atoms with Crippen LogP contribution >= 0.6 is 0 Å². The van der Waals surface area contributed by atoms with E-state index in [1.165, 1.54) is 13.0 Å². The summed E-state index contributed by atoms with van der Waals surface area (Å²) >= 11 is 0. The number of sulfonamides is 1. The fourth-order valence-corrected chi connectivity index (χ4v) is 4.20. The molecule has 2 heterocycles. The van der Waals surface area contributed by atoms with Crippen LogP contribution < -0.4 is 0 Å². The Labute approximate surface area is 140 Å². The molecule has 0 radical (unpaired) electrons. The van der Waals surface area contributed by atoms with Crippen LogP contribution in [0.4, 0.5) is 0 Å². The first-order chi connectivity index (χ1) is 11.4. The molecule has 1 saturated heterocycles. The summed E-state index contributed by atoms with van der Waals surface area (Å²) in [5.74, 6) is -0.437. The summed E-state index contributed by atoms with van der Waals surface area (Å²) in [7, 11) is -3.68. The Hall–Kier alpha value is -2.40. The number of fused-ring (bicyclic) bond motifs is 1. The fourth-order valence-electron chi connectivity index (χ4n) is 2.98. The molecular weight excluding hydrogens is 330 g/mol. The zero-order valence-corrected chi connectivity index (χ0v) is 14.0. The Morgan fingerprint density at radius 2 is 2.21 bits per heavy atom. The lowest BCUT2D eigenvalue weighted by atomic mass is 9.97. The normalized spacial score (nSPS) is 22.9. The molecule has 0 aliphatic carbocycles. The molecule has 24 heavy (non-hydrogen) atoms. The molecule has 126 valence electrons. The Balaban J connectivity index is 1.82. The van der Waals surface area contributed by atoms with Crippen LogP contribution in [0.25, 0.3) is 0 Å². The first kappa shape index (κ1) is 16.5. The summed E-state index contributed by atoms with van der Waals surface area (Å²) in [5, 5.41) is 8.75. The van der Waals surface area contributed by atoms with Crippen molar-refractivity contribution in [3.63, 3.8) is 0 Å². The molecule has 0 unspecified atom stereocenters. The first-order valence-corrected chi connectivity index (χ1v) is 9.16. The number of piperidine rings is 1. The molecule has 0 bridgehead atoms. The van der Waals surface area contributed by atoms with E-state index in [0.717, 1.165) is 6.42 Å². The van der Waals surface area contributed by atoms with Crippen molar-refractivity contribution in [1.29, 1.82) is 5.26 Å². The molecule has 0 amide bonds. The van der Waals surface area contributed by atoms with E-state index >= 15 is 0 Å². The van der Waals surface area contributed by atoms with Gasteiger partial charge in [0.05, 0.1) is 5.92 Å². The molecular formula is C16H17N3O4S. The molecule has 8 heteroatoms. The van der Waals surface area contributed by atoms with Gasteiger partial charge in [0.15, 0.2) is 11.9 Å². The van der Waals surface area contributed by atoms with E-state index in [1.54, 1.807) is 18.2 Å². The number of nitrogens with zero attached hydrogens (tertiary/aromatic N) is 3. The first-order valence-electron chi connectivity index (χ1n) is 7.72. The van der Waals surface area contributed by atoms with Gasteiger partial charge >= 0.3 is 5.97 Å². The van der Waals surface area contributed by atoms with Crippen LogP contribution in [-0.2, 0) is 19.6 Å². The van der Waals surface area contributed by atoms with Crippen molar-refractivity contribution in [2.75, 3.05) is 13.1 Å². The van der Waals surface area contributed by atoms with Crippen molar-refractivity contribution in [2.24, 2.45) is 10.3 Å². The lowest BCUT2D eigenvalue weighted by Gasteiger charge is -2.33. The van der Waals surface area contributed by atoms with E-state index in [2.05, 4.69) is 4.40 Å². The number of ether oxygens (including phenoxy) is 1. The highest BCUT2D eigenvalue weighted by molar-refractivity contribution is 7.90. The minimum atomic E-state index is -3.68. The SMILES string of the molecule is C[C@@H](C#N)OC(=O)[C@H]1CCCN(C2=NS(=O)(=O)c3ccccc32)C1. The summed E-state index contributed by atoms with van der Waals surface area (Å²) in [4.78, 5) is 14.2. The van der Waals surface area contributed by atoms with Crippen LogP contribution in [0.3, 0.4) is 0 Å². The average molecular weight is 347 g/mol. The highest BCUT2D eigenvalue weighted by Gasteiger charge is 2.35. The second-order valence-electron chi connectivity index (χ2n) is 5.88. The second kappa shape index (κ2) is 6.24. The number of likely N-dealkylation sites (tertiary alicyclic amines) is 1. The van der Waals surface area contributed by atoms with E-state index < -0.39 is 28.0 Å². The van der Waals surface area contributed by atoms with Gasteiger partial charge in [0.25, 0.3) is 10.0 Å². The van der Waals surface area contributed by atoms with Crippen LogP contribution in [0.2, 0.25) is 0 Å². The fraction of sp³-hybridized carbons (Fsp3) is 0.438. The molecule has 1 aromatic rings. The van der Waals surface area contributed by atoms with Gasteiger partial charge in [-0.1, -0.05) is 12.1 Å². The number of hydrogen-bond acceptors (Lipinski definition) is 6. The Kier molecular flexibility index (Phi) is 4.28. The summed E-state index contributed by atoms with van der Waals surface area (Å²) in [6.07, 6.45) is 0.578. The zero-order chi connectivity index (χ0) is 17.3. The van der Waals surface area contributed by atoms with Crippen LogP contribution in [-0.4, -0.2) is 44.3 Å². The Morgan fingerprint density at radius 3 is 2.96 bits per heavy atom. The number of nitriles is 1. The number of rotatable bonds is 2. The number of hydrogen-bond donors (Lipinski definition) is 0. The second-order valence-corrected chi connectivity index (χ2v) is 7.45. The van der Waals surface area contributed by atoms with Gasteiger partial charge in [-0.3, -0.25) is 4.79 Å². The highest BCUT2D eigenvalue weighted by atomic mass is 32.2. The van der Waals surface area contributed by atoms with Crippen molar-refractivity contribution in [3.8, 4) is 6.07 Å². The third-order valence-corrected chi connectivity index (χ3v) is 5.47. The molecule has 2 aliphatic rings. The van der Waals surface area contributed by atoms with E-state index in [9.17, 15) is 13.2 Å². The van der Waals surface area contributed by atoms with Crippen molar-refractivity contribution in [2.45, 2.75) is 30.8 Å². The average Bonchev–Trinajstić information content (AvgIpc) is 2.87. The molecule has 0 aromatic heterocycles. The Morgan fingerprint density at radius 1 is 1.46 bits per heavy atom. The van der Waals surface area contributed by atoms with E-state index in [1.807, 2.05) is 11.0 Å². The van der Waals surface area contributed by atoms with E-state index in [-0.39, 0.29) is 4.90 Å². The van der Waals surface area contributed by atoms with Gasteiger partial charge in [-0.2, -0.15) is 13.7 Å². The third kappa shape index (κ3) is 2.99.